The second-order valence-electron chi connectivity index (χ2n) is 6.41. The summed E-state index contributed by atoms with van der Waals surface area (Å²) in [6.45, 7) is 2.74. The molecule has 1 aromatic heterocycles. The first-order valence-corrected chi connectivity index (χ1v) is 9.27. The van der Waals surface area contributed by atoms with E-state index in [1.165, 1.54) is 0 Å². The van der Waals surface area contributed by atoms with Gasteiger partial charge in [0.1, 0.15) is 0 Å². The minimum absolute atomic E-state index is 0.0200. The first-order valence-electron chi connectivity index (χ1n) is 8.89. The second-order valence-corrected chi connectivity index (χ2v) is 6.84. The molecule has 0 bridgehead atoms. The van der Waals surface area contributed by atoms with Gasteiger partial charge in [0.2, 0.25) is 0 Å². The number of carbonyl (C=O) groups excluding carboxylic acids is 1. The van der Waals surface area contributed by atoms with Crippen molar-refractivity contribution in [1.82, 2.24) is 15.0 Å². The van der Waals surface area contributed by atoms with Gasteiger partial charge in [0.15, 0.2) is 0 Å². The summed E-state index contributed by atoms with van der Waals surface area (Å²) in [5.41, 5.74) is 1.55. The van der Waals surface area contributed by atoms with Gasteiger partial charge in [-0.25, -0.2) is 0 Å². The SMILES string of the molecule is O=C(c1ccc(Cl)cc1)N1CCCN(c2noc(-c3ccccc3)n2)CC1. The van der Waals surface area contributed by atoms with Crippen LogP contribution >= 0.6 is 11.6 Å². The number of hydrogen-bond donors (Lipinski definition) is 0. The molecule has 4 rings (SSSR count). The van der Waals surface area contributed by atoms with Crippen LogP contribution in [0.1, 0.15) is 16.8 Å². The summed E-state index contributed by atoms with van der Waals surface area (Å²) in [5.74, 6) is 1.09. The molecule has 27 heavy (non-hydrogen) atoms. The molecule has 0 N–H and O–H groups in total. The fraction of sp³-hybridized carbons (Fsp3) is 0.250. The van der Waals surface area contributed by atoms with Gasteiger partial charge in [-0.2, -0.15) is 4.98 Å². The predicted octanol–water partition coefficient (Wildman–Crippen LogP) is 3.74. The maximum absolute atomic E-state index is 12.7. The largest absolute Gasteiger partial charge is 0.337 e. The number of hydrogen-bond acceptors (Lipinski definition) is 5. The van der Waals surface area contributed by atoms with Crippen LogP contribution in [0.25, 0.3) is 11.5 Å². The topological polar surface area (TPSA) is 62.5 Å². The number of carbonyl (C=O) groups is 1. The van der Waals surface area contributed by atoms with Crippen molar-refractivity contribution in [2.45, 2.75) is 6.42 Å². The number of amides is 1. The van der Waals surface area contributed by atoms with Crippen molar-refractivity contribution >= 4 is 23.5 Å². The van der Waals surface area contributed by atoms with E-state index < -0.39 is 0 Å². The molecule has 138 valence electrons. The van der Waals surface area contributed by atoms with E-state index in [-0.39, 0.29) is 5.91 Å². The van der Waals surface area contributed by atoms with Crippen LogP contribution < -0.4 is 4.90 Å². The molecule has 1 amide bonds. The third kappa shape index (κ3) is 3.95. The summed E-state index contributed by atoms with van der Waals surface area (Å²) in [4.78, 5) is 21.1. The maximum Gasteiger partial charge on any atom is 0.266 e. The van der Waals surface area contributed by atoms with Gasteiger partial charge in [-0.1, -0.05) is 29.8 Å². The minimum Gasteiger partial charge on any atom is -0.337 e. The summed E-state index contributed by atoms with van der Waals surface area (Å²) in [6.07, 6.45) is 0.842. The van der Waals surface area contributed by atoms with Crippen LogP contribution in [0.2, 0.25) is 5.02 Å². The molecule has 6 nitrogen and oxygen atoms in total. The number of halogens is 1. The zero-order valence-corrected chi connectivity index (χ0v) is 15.5. The molecule has 0 spiro atoms. The number of rotatable bonds is 3. The van der Waals surface area contributed by atoms with Gasteiger partial charge >= 0.3 is 0 Å². The molecule has 0 saturated carbocycles. The summed E-state index contributed by atoms with van der Waals surface area (Å²) in [6, 6.07) is 16.7. The van der Waals surface area contributed by atoms with Gasteiger partial charge in [0, 0.05) is 42.3 Å². The molecule has 1 fully saturated rings. The molecule has 3 aromatic rings. The normalized spacial score (nSPS) is 14.9. The zero-order chi connectivity index (χ0) is 18.6. The van der Waals surface area contributed by atoms with Crippen LogP contribution in [0, 0.1) is 0 Å². The molecule has 0 atom stereocenters. The molecule has 1 aliphatic heterocycles. The van der Waals surface area contributed by atoms with Gasteiger partial charge in [-0.3, -0.25) is 4.79 Å². The lowest BCUT2D eigenvalue weighted by molar-refractivity contribution is 0.0767. The van der Waals surface area contributed by atoms with E-state index in [9.17, 15) is 4.79 Å². The Hall–Kier alpha value is -2.86. The smallest absolute Gasteiger partial charge is 0.266 e. The molecule has 2 aromatic carbocycles. The average Bonchev–Trinajstić information content (AvgIpc) is 3.07. The monoisotopic (exact) mass is 382 g/mol. The fourth-order valence-electron chi connectivity index (χ4n) is 3.14. The van der Waals surface area contributed by atoms with E-state index in [1.807, 2.05) is 35.2 Å². The molecular formula is C20H19ClN4O2. The lowest BCUT2D eigenvalue weighted by Gasteiger charge is -2.21. The van der Waals surface area contributed by atoms with Crippen molar-refractivity contribution in [2.24, 2.45) is 0 Å². The van der Waals surface area contributed by atoms with Gasteiger partial charge in [-0.05, 0) is 48.0 Å². The fourth-order valence-corrected chi connectivity index (χ4v) is 3.26. The van der Waals surface area contributed by atoms with E-state index >= 15 is 0 Å². The predicted molar refractivity (Wildman–Crippen MR) is 104 cm³/mol. The molecule has 0 radical (unpaired) electrons. The Labute approximate surface area is 162 Å². The highest BCUT2D eigenvalue weighted by Gasteiger charge is 2.23. The number of anilines is 1. The Morgan fingerprint density at radius 1 is 0.963 bits per heavy atom. The molecule has 1 saturated heterocycles. The highest BCUT2D eigenvalue weighted by Crippen LogP contribution is 2.21. The quantitative estimate of drug-likeness (QED) is 0.690. The number of aromatic nitrogens is 2. The zero-order valence-electron chi connectivity index (χ0n) is 14.7. The summed E-state index contributed by atoms with van der Waals surface area (Å²) in [7, 11) is 0. The van der Waals surface area contributed by atoms with Crippen LogP contribution in [0.15, 0.2) is 59.1 Å². The van der Waals surface area contributed by atoms with E-state index in [2.05, 4.69) is 15.0 Å². The van der Waals surface area contributed by atoms with Gasteiger partial charge < -0.3 is 14.3 Å². The second kappa shape index (κ2) is 7.80. The Bertz CT molecular complexity index is 911. The molecular weight excluding hydrogens is 364 g/mol. The van der Waals surface area contributed by atoms with Crippen molar-refractivity contribution in [3.05, 3.63) is 65.2 Å². The first-order chi connectivity index (χ1) is 13.2. The maximum atomic E-state index is 12.7. The molecule has 0 unspecified atom stereocenters. The Kier molecular flexibility index (Phi) is 5.07. The highest BCUT2D eigenvalue weighted by molar-refractivity contribution is 6.30. The Balaban J connectivity index is 1.44. The number of benzene rings is 2. The van der Waals surface area contributed by atoms with Crippen LogP contribution in [0.3, 0.4) is 0 Å². The highest BCUT2D eigenvalue weighted by atomic mass is 35.5. The van der Waals surface area contributed by atoms with Crippen molar-refractivity contribution in [3.8, 4) is 11.5 Å². The van der Waals surface area contributed by atoms with E-state index in [1.54, 1.807) is 24.3 Å². The van der Waals surface area contributed by atoms with Crippen molar-refractivity contribution in [2.75, 3.05) is 31.1 Å². The Morgan fingerprint density at radius 2 is 1.74 bits per heavy atom. The summed E-state index contributed by atoms with van der Waals surface area (Å²) < 4.78 is 5.40. The van der Waals surface area contributed by atoms with E-state index in [0.717, 1.165) is 18.5 Å². The van der Waals surface area contributed by atoms with Crippen molar-refractivity contribution in [1.29, 1.82) is 0 Å². The van der Waals surface area contributed by atoms with Crippen molar-refractivity contribution in [3.63, 3.8) is 0 Å². The van der Waals surface area contributed by atoms with Crippen LogP contribution in [0.4, 0.5) is 5.95 Å². The lowest BCUT2D eigenvalue weighted by Crippen LogP contribution is -2.35. The van der Waals surface area contributed by atoms with Crippen molar-refractivity contribution < 1.29 is 9.32 Å². The van der Waals surface area contributed by atoms with Gasteiger partial charge in [-0.15, -0.1) is 0 Å². The van der Waals surface area contributed by atoms with Crippen LogP contribution in [-0.4, -0.2) is 47.1 Å². The van der Waals surface area contributed by atoms with Gasteiger partial charge in [0.05, 0.1) is 0 Å². The third-order valence-corrected chi connectivity index (χ3v) is 4.85. The van der Waals surface area contributed by atoms with Crippen LogP contribution in [-0.2, 0) is 0 Å². The average molecular weight is 383 g/mol. The standard InChI is InChI=1S/C20H19ClN4O2/c21-17-9-7-16(8-10-17)19(26)24-11-4-12-25(14-13-24)20-22-18(27-23-20)15-5-2-1-3-6-15/h1-3,5-10H,4,11-14H2. The van der Waals surface area contributed by atoms with E-state index in [0.29, 0.717) is 42.1 Å². The van der Waals surface area contributed by atoms with E-state index in [4.69, 9.17) is 16.1 Å². The third-order valence-electron chi connectivity index (χ3n) is 4.59. The summed E-state index contributed by atoms with van der Waals surface area (Å²) in [5, 5.41) is 4.74. The lowest BCUT2D eigenvalue weighted by atomic mass is 10.2. The molecule has 2 heterocycles. The first kappa shape index (κ1) is 17.5. The molecule has 1 aliphatic rings. The summed E-state index contributed by atoms with van der Waals surface area (Å²) >= 11 is 5.91. The Morgan fingerprint density at radius 3 is 2.52 bits per heavy atom. The molecule has 7 heteroatoms. The number of nitrogens with zero attached hydrogens (tertiary/aromatic N) is 4. The van der Waals surface area contributed by atoms with Gasteiger partial charge in [0.25, 0.3) is 17.7 Å². The van der Waals surface area contributed by atoms with Crippen LogP contribution in [0.5, 0.6) is 0 Å². The minimum atomic E-state index is 0.0200. The molecule has 0 aliphatic carbocycles.